The first-order chi connectivity index (χ1) is 17.0. The first-order valence-electron chi connectivity index (χ1n) is 13.6. The second-order valence-corrected chi connectivity index (χ2v) is 12.1. The molecule has 198 valence electrons. The minimum Gasteiger partial charge on any atom is -0.480 e. The van der Waals surface area contributed by atoms with E-state index in [-0.39, 0.29) is 23.4 Å². The summed E-state index contributed by atoms with van der Waals surface area (Å²) in [5, 5.41) is 27.3. The van der Waals surface area contributed by atoms with Crippen LogP contribution in [0.3, 0.4) is 0 Å². The number of carboxylic acid groups (broad SMARTS) is 1. The Bertz CT molecular complexity index is 998. The fourth-order valence-corrected chi connectivity index (χ4v) is 7.97. The third-order valence-electron chi connectivity index (χ3n) is 10.5. The number of amides is 1. The molecule has 0 unspecified atom stereocenters. The highest BCUT2D eigenvalue weighted by Crippen LogP contribution is 2.67. The lowest BCUT2D eigenvalue weighted by molar-refractivity contribution is -0.144. The summed E-state index contributed by atoms with van der Waals surface area (Å²) in [7, 11) is 0. The number of nitrogens with zero attached hydrogens (tertiary/aromatic N) is 1. The second kappa shape index (κ2) is 9.85. The molecule has 0 aliphatic heterocycles. The van der Waals surface area contributed by atoms with Gasteiger partial charge >= 0.3 is 5.97 Å². The third-order valence-corrected chi connectivity index (χ3v) is 10.5. The van der Waals surface area contributed by atoms with Crippen molar-refractivity contribution in [2.45, 2.75) is 97.1 Å². The number of allylic oxidation sites excluding steroid dienone is 2. The number of hydrogen-bond donors (Lipinski definition) is 3. The molecular formula is C29H42N2O5. The zero-order chi connectivity index (χ0) is 26.3. The average molecular weight is 499 g/mol. The number of nitrogens with one attached hydrogen (secondary N) is 1. The fraction of sp³-hybridized carbons (Fsp3) is 0.759. The van der Waals surface area contributed by atoms with Crippen LogP contribution in [-0.2, 0) is 14.4 Å². The average Bonchev–Trinajstić information content (AvgIpc) is 3.13. The summed E-state index contributed by atoms with van der Waals surface area (Å²) in [5.74, 6) is 2.70. The molecular weight excluding hydrogens is 456 g/mol. The van der Waals surface area contributed by atoms with Crippen LogP contribution in [0.2, 0.25) is 0 Å². The van der Waals surface area contributed by atoms with Gasteiger partial charge in [0.05, 0.1) is 5.71 Å². The molecule has 8 atom stereocenters. The van der Waals surface area contributed by atoms with Crippen LogP contribution in [0.1, 0.15) is 85.5 Å². The van der Waals surface area contributed by atoms with Crippen molar-refractivity contribution in [2.75, 3.05) is 6.61 Å². The van der Waals surface area contributed by atoms with E-state index < -0.39 is 23.5 Å². The summed E-state index contributed by atoms with van der Waals surface area (Å²) < 4.78 is 0. The van der Waals surface area contributed by atoms with E-state index in [0.717, 1.165) is 50.7 Å². The number of fused-ring (bicyclic) bond motifs is 5. The molecule has 4 rings (SSSR count). The molecule has 3 saturated carbocycles. The molecule has 0 aromatic carbocycles. The van der Waals surface area contributed by atoms with E-state index >= 15 is 0 Å². The molecule has 4 aliphatic carbocycles. The van der Waals surface area contributed by atoms with Gasteiger partial charge in [0.15, 0.2) is 6.61 Å². The molecule has 3 fully saturated rings. The number of rotatable bonds is 7. The Kier molecular flexibility index (Phi) is 7.31. The lowest BCUT2D eigenvalue weighted by Gasteiger charge is -2.58. The Labute approximate surface area is 215 Å². The van der Waals surface area contributed by atoms with Crippen LogP contribution in [0.5, 0.6) is 0 Å². The Morgan fingerprint density at radius 1 is 1.22 bits per heavy atom. The van der Waals surface area contributed by atoms with Crippen molar-refractivity contribution in [1.82, 2.24) is 5.32 Å². The lowest BCUT2D eigenvalue weighted by atomic mass is 9.46. The van der Waals surface area contributed by atoms with Crippen molar-refractivity contribution in [3.05, 3.63) is 11.6 Å². The maximum Gasteiger partial charge on any atom is 0.326 e. The highest BCUT2D eigenvalue weighted by Gasteiger charge is 2.63. The highest BCUT2D eigenvalue weighted by molar-refractivity contribution is 5.96. The topological polar surface area (TPSA) is 108 Å². The lowest BCUT2D eigenvalue weighted by Crippen LogP contribution is -2.54. The largest absolute Gasteiger partial charge is 0.480 e. The summed E-state index contributed by atoms with van der Waals surface area (Å²) >= 11 is 0. The zero-order valence-corrected chi connectivity index (χ0v) is 22.2. The quantitative estimate of drug-likeness (QED) is 0.358. The maximum atomic E-state index is 12.2. The van der Waals surface area contributed by atoms with E-state index in [9.17, 15) is 19.8 Å². The minimum absolute atomic E-state index is 0.114. The van der Waals surface area contributed by atoms with Crippen LogP contribution in [0.15, 0.2) is 16.8 Å². The fourth-order valence-electron chi connectivity index (χ4n) is 7.97. The SMILES string of the molecule is C#C[C@@]1(O)CC[C@H]2[C@@H]3CCC4=CC(=NOCC(=O)N[C@@H](C(=O)O)[C@@H](C)CC)CC[C@]4(C)[C@H]3CC[C@@]21C. The Morgan fingerprint density at radius 3 is 2.61 bits per heavy atom. The van der Waals surface area contributed by atoms with Gasteiger partial charge in [-0.2, -0.15) is 0 Å². The van der Waals surface area contributed by atoms with E-state index in [1.54, 1.807) is 6.92 Å². The van der Waals surface area contributed by atoms with Crippen LogP contribution in [0, 0.1) is 46.8 Å². The Hall–Kier alpha value is -2.33. The number of oxime groups is 1. The third kappa shape index (κ3) is 4.36. The van der Waals surface area contributed by atoms with Crippen molar-refractivity contribution in [3.8, 4) is 12.3 Å². The summed E-state index contributed by atoms with van der Waals surface area (Å²) in [4.78, 5) is 29.0. The van der Waals surface area contributed by atoms with Crippen molar-refractivity contribution >= 4 is 17.6 Å². The number of hydrogen-bond acceptors (Lipinski definition) is 5. The molecule has 1 amide bonds. The normalized spacial score (nSPS) is 40.1. The van der Waals surface area contributed by atoms with Gasteiger partial charge in [0.25, 0.3) is 5.91 Å². The van der Waals surface area contributed by atoms with Gasteiger partial charge in [-0.15, -0.1) is 6.42 Å². The van der Waals surface area contributed by atoms with Crippen molar-refractivity contribution < 1.29 is 24.6 Å². The molecule has 0 saturated heterocycles. The molecule has 0 spiro atoms. The van der Waals surface area contributed by atoms with Crippen molar-refractivity contribution in [1.29, 1.82) is 0 Å². The van der Waals surface area contributed by atoms with Crippen molar-refractivity contribution in [2.24, 2.45) is 39.7 Å². The van der Waals surface area contributed by atoms with Crippen LogP contribution < -0.4 is 5.32 Å². The summed E-state index contributed by atoms with van der Waals surface area (Å²) in [5.41, 5.74) is 1.20. The van der Waals surface area contributed by atoms with Gasteiger partial charge in [-0.1, -0.05) is 50.8 Å². The molecule has 0 aromatic rings. The van der Waals surface area contributed by atoms with E-state index in [0.29, 0.717) is 30.6 Å². The number of aliphatic carboxylic acids is 1. The molecule has 7 heteroatoms. The molecule has 0 heterocycles. The van der Waals surface area contributed by atoms with Crippen LogP contribution in [-0.4, -0.2) is 46.1 Å². The Balaban J connectivity index is 1.40. The van der Waals surface area contributed by atoms with E-state index in [1.165, 1.54) is 5.57 Å². The number of carboxylic acids is 1. The van der Waals surface area contributed by atoms with Gasteiger partial charge in [0.2, 0.25) is 0 Å². The van der Waals surface area contributed by atoms with E-state index in [4.69, 9.17) is 11.3 Å². The van der Waals surface area contributed by atoms with E-state index in [2.05, 4.69) is 36.3 Å². The van der Waals surface area contributed by atoms with E-state index in [1.807, 2.05) is 6.92 Å². The maximum absolute atomic E-state index is 12.2. The smallest absolute Gasteiger partial charge is 0.326 e. The first-order valence-corrected chi connectivity index (χ1v) is 13.6. The summed E-state index contributed by atoms with van der Waals surface area (Å²) in [6.07, 6.45) is 16.3. The molecule has 7 nitrogen and oxygen atoms in total. The number of aliphatic hydroxyl groups is 1. The summed E-state index contributed by atoms with van der Waals surface area (Å²) in [6, 6.07) is -0.930. The van der Waals surface area contributed by atoms with Gasteiger partial charge in [0.1, 0.15) is 11.6 Å². The number of carbonyl (C=O) groups excluding carboxylic acids is 1. The molecule has 0 aromatic heterocycles. The monoisotopic (exact) mass is 498 g/mol. The van der Waals surface area contributed by atoms with Crippen LogP contribution >= 0.6 is 0 Å². The van der Waals surface area contributed by atoms with Crippen LogP contribution in [0.4, 0.5) is 0 Å². The van der Waals surface area contributed by atoms with Gasteiger partial charge in [-0.3, -0.25) is 4.79 Å². The van der Waals surface area contributed by atoms with Gasteiger partial charge in [-0.25, -0.2) is 4.79 Å². The number of terminal acetylenes is 1. The van der Waals surface area contributed by atoms with Gasteiger partial charge in [-0.05, 0) is 86.5 Å². The molecule has 36 heavy (non-hydrogen) atoms. The molecule has 0 bridgehead atoms. The van der Waals surface area contributed by atoms with Crippen LogP contribution in [0.25, 0.3) is 0 Å². The molecule has 4 aliphatic rings. The highest BCUT2D eigenvalue weighted by atomic mass is 16.6. The molecule has 0 radical (unpaired) electrons. The first kappa shape index (κ1) is 26.7. The summed E-state index contributed by atoms with van der Waals surface area (Å²) in [6.45, 7) is 8.01. The predicted molar refractivity (Wildman–Crippen MR) is 138 cm³/mol. The zero-order valence-electron chi connectivity index (χ0n) is 22.2. The standard InChI is InChI=1S/C29H42N2O5/c1-6-18(3)25(26(33)34)30-24(32)17-36-31-20-10-13-27(4)19(16-20)8-9-21-22(27)11-14-28(5)23(21)12-15-29(28,35)7-2/h2,16,18,21-23,25,35H,6,8-15,17H2,1,3-5H3,(H,30,32)(H,33,34)/t18-,21+,22-,23-,25+,27-,28-,29+/m0/s1. The molecule has 3 N–H and O–H groups in total. The second-order valence-electron chi connectivity index (χ2n) is 12.1. The minimum atomic E-state index is -1.04. The number of carbonyl (C=O) groups is 2. The van der Waals surface area contributed by atoms with Gasteiger partial charge in [0, 0.05) is 5.41 Å². The Morgan fingerprint density at radius 2 is 1.94 bits per heavy atom. The van der Waals surface area contributed by atoms with Gasteiger partial charge < -0.3 is 20.4 Å². The predicted octanol–water partition coefficient (Wildman–Crippen LogP) is 4.30. The van der Waals surface area contributed by atoms with Crippen molar-refractivity contribution in [3.63, 3.8) is 0 Å².